The van der Waals surface area contributed by atoms with Crippen molar-refractivity contribution < 1.29 is 9.18 Å². The highest BCUT2D eigenvalue weighted by Gasteiger charge is 2.13. The van der Waals surface area contributed by atoms with Crippen molar-refractivity contribution in [2.45, 2.75) is 32.7 Å². The fourth-order valence-corrected chi connectivity index (χ4v) is 1.93. The third-order valence-corrected chi connectivity index (χ3v) is 2.80. The number of Topliss-reactive ketones (excluding diaryl/α,β-unsaturated/α-hetero) is 1. The minimum absolute atomic E-state index is 0.0135. The van der Waals surface area contributed by atoms with Crippen molar-refractivity contribution in [3.8, 4) is 0 Å². The largest absolute Gasteiger partial charge is 0.314 e. The first-order valence-corrected chi connectivity index (χ1v) is 6.10. The standard InChI is InChI=1S/C13H17ClFNO/c1-3-16-9(2)7-11(17)8-10-5-4-6-12(14)13(10)15/h4-6,9,16H,3,7-8H2,1-2H3. The molecule has 0 bridgehead atoms. The molecule has 1 aromatic rings. The van der Waals surface area contributed by atoms with Crippen molar-refractivity contribution in [1.82, 2.24) is 5.32 Å². The minimum atomic E-state index is -0.487. The highest BCUT2D eigenvalue weighted by Crippen LogP contribution is 2.18. The summed E-state index contributed by atoms with van der Waals surface area (Å²) in [7, 11) is 0. The van der Waals surface area contributed by atoms with E-state index in [1.807, 2.05) is 13.8 Å². The molecule has 0 heterocycles. The quantitative estimate of drug-likeness (QED) is 0.849. The van der Waals surface area contributed by atoms with Crippen LogP contribution in [0.15, 0.2) is 18.2 Å². The molecule has 2 nitrogen and oxygen atoms in total. The number of rotatable bonds is 6. The van der Waals surface area contributed by atoms with Crippen LogP contribution in [0.1, 0.15) is 25.8 Å². The molecule has 0 aliphatic rings. The Morgan fingerprint density at radius 2 is 2.24 bits per heavy atom. The number of carbonyl (C=O) groups is 1. The number of hydrogen-bond donors (Lipinski definition) is 1. The number of benzene rings is 1. The van der Waals surface area contributed by atoms with Gasteiger partial charge in [0, 0.05) is 18.9 Å². The Balaban J connectivity index is 2.59. The van der Waals surface area contributed by atoms with Gasteiger partial charge in [0.2, 0.25) is 0 Å². The van der Waals surface area contributed by atoms with E-state index in [2.05, 4.69) is 5.32 Å². The monoisotopic (exact) mass is 257 g/mol. The predicted molar refractivity (Wildman–Crippen MR) is 67.9 cm³/mol. The van der Waals surface area contributed by atoms with Gasteiger partial charge in [0.1, 0.15) is 11.6 Å². The van der Waals surface area contributed by atoms with E-state index in [4.69, 9.17) is 11.6 Å². The zero-order chi connectivity index (χ0) is 12.8. The summed E-state index contributed by atoms with van der Waals surface area (Å²) in [5.41, 5.74) is 0.367. The van der Waals surface area contributed by atoms with Crippen LogP contribution in [-0.4, -0.2) is 18.4 Å². The smallest absolute Gasteiger partial charge is 0.145 e. The zero-order valence-electron chi connectivity index (χ0n) is 10.1. The van der Waals surface area contributed by atoms with Gasteiger partial charge in [-0.1, -0.05) is 30.7 Å². The summed E-state index contributed by atoms with van der Waals surface area (Å²) in [5.74, 6) is -0.474. The lowest BCUT2D eigenvalue weighted by Gasteiger charge is -2.11. The fourth-order valence-electron chi connectivity index (χ4n) is 1.73. The van der Waals surface area contributed by atoms with Gasteiger partial charge in [-0.05, 0) is 25.1 Å². The first-order chi connectivity index (χ1) is 8.04. The van der Waals surface area contributed by atoms with Gasteiger partial charge in [-0.25, -0.2) is 4.39 Å². The summed E-state index contributed by atoms with van der Waals surface area (Å²) in [6, 6.07) is 4.85. The Kier molecular flexibility index (Phi) is 5.59. The molecule has 17 heavy (non-hydrogen) atoms. The molecule has 94 valence electrons. The summed E-state index contributed by atoms with van der Waals surface area (Å²) in [5, 5.41) is 3.21. The van der Waals surface area contributed by atoms with E-state index in [9.17, 15) is 9.18 Å². The molecular formula is C13H17ClFNO. The lowest BCUT2D eigenvalue weighted by molar-refractivity contribution is -0.118. The van der Waals surface area contributed by atoms with Gasteiger partial charge >= 0.3 is 0 Å². The van der Waals surface area contributed by atoms with Crippen molar-refractivity contribution in [3.63, 3.8) is 0 Å². The maximum absolute atomic E-state index is 13.5. The van der Waals surface area contributed by atoms with Crippen LogP contribution < -0.4 is 5.32 Å². The molecule has 0 aliphatic heterocycles. The van der Waals surface area contributed by atoms with Crippen LogP contribution in [0.5, 0.6) is 0 Å². The van der Waals surface area contributed by atoms with Gasteiger partial charge in [-0.3, -0.25) is 4.79 Å². The molecule has 1 rings (SSSR count). The Bertz CT molecular complexity index is 395. The lowest BCUT2D eigenvalue weighted by atomic mass is 10.0. The summed E-state index contributed by atoms with van der Waals surface area (Å²) in [6.45, 7) is 4.74. The molecule has 1 N–H and O–H groups in total. The average Bonchev–Trinajstić information content (AvgIpc) is 2.25. The van der Waals surface area contributed by atoms with E-state index in [0.717, 1.165) is 6.54 Å². The summed E-state index contributed by atoms with van der Waals surface area (Å²) < 4.78 is 13.5. The minimum Gasteiger partial charge on any atom is -0.314 e. The van der Waals surface area contributed by atoms with E-state index in [-0.39, 0.29) is 23.3 Å². The molecule has 4 heteroatoms. The van der Waals surface area contributed by atoms with Gasteiger partial charge in [-0.15, -0.1) is 0 Å². The topological polar surface area (TPSA) is 29.1 Å². The number of ketones is 1. The van der Waals surface area contributed by atoms with Gasteiger partial charge in [-0.2, -0.15) is 0 Å². The van der Waals surface area contributed by atoms with E-state index >= 15 is 0 Å². The molecule has 0 saturated carbocycles. The summed E-state index contributed by atoms with van der Waals surface area (Å²) in [4.78, 5) is 11.7. The van der Waals surface area contributed by atoms with Crippen molar-refractivity contribution in [3.05, 3.63) is 34.6 Å². The van der Waals surface area contributed by atoms with E-state index < -0.39 is 5.82 Å². The van der Waals surface area contributed by atoms with Crippen LogP contribution in [0, 0.1) is 5.82 Å². The normalized spacial score (nSPS) is 12.5. The molecule has 0 aliphatic carbocycles. The molecule has 0 radical (unpaired) electrons. The Labute approximate surface area is 106 Å². The molecule has 0 fully saturated rings. The van der Waals surface area contributed by atoms with E-state index in [1.54, 1.807) is 12.1 Å². The highest BCUT2D eigenvalue weighted by atomic mass is 35.5. The zero-order valence-corrected chi connectivity index (χ0v) is 10.9. The molecule has 0 amide bonds. The van der Waals surface area contributed by atoms with Crippen molar-refractivity contribution >= 4 is 17.4 Å². The molecule has 0 saturated heterocycles. The van der Waals surface area contributed by atoms with Crippen LogP contribution in [0.3, 0.4) is 0 Å². The number of hydrogen-bond acceptors (Lipinski definition) is 2. The van der Waals surface area contributed by atoms with Gasteiger partial charge in [0.25, 0.3) is 0 Å². The highest BCUT2D eigenvalue weighted by molar-refractivity contribution is 6.30. The number of carbonyl (C=O) groups excluding carboxylic acids is 1. The van der Waals surface area contributed by atoms with Crippen molar-refractivity contribution in [2.75, 3.05) is 6.54 Å². The third-order valence-electron chi connectivity index (χ3n) is 2.51. The van der Waals surface area contributed by atoms with E-state index in [0.29, 0.717) is 12.0 Å². The van der Waals surface area contributed by atoms with Crippen LogP contribution in [0.25, 0.3) is 0 Å². The van der Waals surface area contributed by atoms with Gasteiger partial charge in [0.05, 0.1) is 5.02 Å². The van der Waals surface area contributed by atoms with Crippen LogP contribution in [-0.2, 0) is 11.2 Å². The predicted octanol–water partition coefficient (Wildman–Crippen LogP) is 2.98. The molecular weight excluding hydrogens is 241 g/mol. The second kappa shape index (κ2) is 6.72. The Hall–Kier alpha value is -0.930. The average molecular weight is 258 g/mol. The molecule has 0 spiro atoms. The third kappa shape index (κ3) is 4.44. The number of nitrogens with one attached hydrogen (secondary N) is 1. The first-order valence-electron chi connectivity index (χ1n) is 5.72. The lowest BCUT2D eigenvalue weighted by Crippen LogP contribution is -2.28. The van der Waals surface area contributed by atoms with Crippen LogP contribution in [0.2, 0.25) is 5.02 Å². The Morgan fingerprint density at radius 3 is 2.88 bits per heavy atom. The molecule has 1 aromatic carbocycles. The van der Waals surface area contributed by atoms with Gasteiger partial charge < -0.3 is 5.32 Å². The Morgan fingerprint density at radius 1 is 1.53 bits per heavy atom. The van der Waals surface area contributed by atoms with Crippen molar-refractivity contribution in [1.29, 1.82) is 0 Å². The second-order valence-corrected chi connectivity index (χ2v) is 4.50. The number of halogens is 2. The molecule has 0 aromatic heterocycles. The van der Waals surface area contributed by atoms with Gasteiger partial charge in [0.15, 0.2) is 0 Å². The van der Waals surface area contributed by atoms with Crippen molar-refractivity contribution in [2.24, 2.45) is 0 Å². The SMILES string of the molecule is CCNC(C)CC(=O)Cc1cccc(Cl)c1F. The maximum atomic E-state index is 13.5. The van der Waals surface area contributed by atoms with Crippen LogP contribution >= 0.6 is 11.6 Å². The fraction of sp³-hybridized carbons (Fsp3) is 0.462. The maximum Gasteiger partial charge on any atom is 0.145 e. The summed E-state index contributed by atoms with van der Waals surface area (Å²) in [6.07, 6.45) is 0.502. The molecule has 1 unspecified atom stereocenters. The van der Waals surface area contributed by atoms with E-state index in [1.165, 1.54) is 6.07 Å². The first kappa shape index (κ1) is 14.1. The summed E-state index contributed by atoms with van der Waals surface area (Å²) >= 11 is 5.65. The van der Waals surface area contributed by atoms with Crippen LogP contribution in [0.4, 0.5) is 4.39 Å². The second-order valence-electron chi connectivity index (χ2n) is 4.09. The molecule has 1 atom stereocenters.